The van der Waals surface area contributed by atoms with Crippen LogP contribution in [0.25, 0.3) is 0 Å². The Morgan fingerprint density at radius 1 is 1.28 bits per heavy atom. The van der Waals surface area contributed by atoms with Gasteiger partial charge in [-0.25, -0.2) is 0 Å². The average Bonchev–Trinajstić information content (AvgIpc) is 2.34. The molecule has 0 saturated heterocycles. The lowest BCUT2D eigenvalue weighted by atomic mass is 9.72. The number of hydrogen-bond acceptors (Lipinski definition) is 1. The van der Waals surface area contributed by atoms with Crippen LogP contribution < -0.4 is 5.73 Å². The van der Waals surface area contributed by atoms with Crippen LogP contribution in [0.4, 0.5) is 0 Å². The van der Waals surface area contributed by atoms with Gasteiger partial charge in [0.2, 0.25) is 0 Å². The van der Waals surface area contributed by atoms with E-state index in [0.717, 1.165) is 18.3 Å². The number of halogens is 1. The summed E-state index contributed by atoms with van der Waals surface area (Å²) < 4.78 is 1.23. The lowest BCUT2D eigenvalue weighted by Gasteiger charge is -2.36. The second-order valence-corrected chi connectivity index (χ2v) is 6.89. The standard InChI is InChI=1S/C16H24BrN/c1-11(2)12-7-8-16(18)14(9-12)10-13-5-3-4-6-15(13)17/h3-6,11-12,14,16H,7-10,18H2,1-2H3. The quantitative estimate of drug-likeness (QED) is 0.880. The maximum absolute atomic E-state index is 6.32. The minimum absolute atomic E-state index is 0.382. The molecule has 0 bridgehead atoms. The van der Waals surface area contributed by atoms with Crippen molar-refractivity contribution in [3.63, 3.8) is 0 Å². The van der Waals surface area contributed by atoms with Gasteiger partial charge in [0.05, 0.1) is 0 Å². The largest absolute Gasteiger partial charge is 0.327 e. The number of rotatable bonds is 3. The first kappa shape index (κ1) is 14.1. The van der Waals surface area contributed by atoms with Gasteiger partial charge in [0.25, 0.3) is 0 Å². The Morgan fingerprint density at radius 2 is 2.00 bits per heavy atom. The molecule has 0 radical (unpaired) electrons. The first-order chi connectivity index (χ1) is 8.58. The van der Waals surface area contributed by atoms with Crippen LogP contribution in [-0.2, 0) is 6.42 Å². The molecule has 2 N–H and O–H groups in total. The van der Waals surface area contributed by atoms with E-state index in [0.29, 0.717) is 12.0 Å². The maximum atomic E-state index is 6.32. The van der Waals surface area contributed by atoms with Gasteiger partial charge in [0.15, 0.2) is 0 Å². The molecule has 0 amide bonds. The number of nitrogens with two attached hydrogens (primary N) is 1. The molecule has 0 spiro atoms. The highest BCUT2D eigenvalue weighted by Crippen LogP contribution is 2.35. The molecule has 1 aromatic carbocycles. The van der Waals surface area contributed by atoms with Gasteiger partial charge >= 0.3 is 0 Å². The lowest BCUT2D eigenvalue weighted by Crippen LogP contribution is -2.38. The minimum atomic E-state index is 0.382. The van der Waals surface area contributed by atoms with Gasteiger partial charge in [-0.15, -0.1) is 0 Å². The fourth-order valence-electron chi connectivity index (χ4n) is 3.11. The van der Waals surface area contributed by atoms with Crippen molar-refractivity contribution < 1.29 is 0 Å². The van der Waals surface area contributed by atoms with Gasteiger partial charge in [-0.1, -0.05) is 48.0 Å². The minimum Gasteiger partial charge on any atom is -0.327 e. The topological polar surface area (TPSA) is 26.0 Å². The van der Waals surface area contributed by atoms with Gasteiger partial charge < -0.3 is 5.73 Å². The summed E-state index contributed by atoms with van der Waals surface area (Å²) in [4.78, 5) is 0. The predicted molar refractivity (Wildman–Crippen MR) is 81.5 cm³/mol. The van der Waals surface area contributed by atoms with Crippen molar-refractivity contribution in [2.24, 2.45) is 23.5 Å². The summed E-state index contributed by atoms with van der Waals surface area (Å²) in [6, 6.07) is 8.92. The van der Waals surface area contributed by atoms with Crippen molar-refractivity contribution in [2.45, 2.75) is 45.6 Å². The highest BCUT2D eigenvalue weighted by atomic mass is 79.9. The van der Waals surface area contributed by atoms with Crippen LogP contribution >= 0.6 is 15.9 Å². The smallest absolute Gasteiger partial charge is 0.0207 e. The van der Waals surface area contributed by atoms with E-state index < -0.39 is 0 Å². The van der Waals surface area contributed by atoms with Crippen molar-refractivity contribution in [1.82, 2.24) is 0 Å². The van der Waals surface area contributed by atoms with E-state index in [1.807, 2.05) is 0 Å². The van der Waals surface area contributed by atoms with E-state index in [4.69, 9.17) is 5.73 Å². The normalized spacial score (nSPS) is 28.6. The van der Waals surface area contributed by atoms with Crippen LogP contribution in [0, 0.1) is 17.8 Å². The Labute approximate surface area is 119 Å². The highest BCUT2D eigenvalue weighted by molar-refractivity contribution is 9.10. The van der Waals surface area contributed by atoms with Crippen LogP contribution in [0.15, 0.2) is 28.7 Å². The van der Waals surface area contributed by atoms with Gasteiger partial charge in [-0.3, -0.25) is 0 Å². The summed E-state index contributed by atoms with van der Waals surface area (Å²) >= 11 is 3.65. The van der Waals surface area contributed by atoms with Gasteiger partial charge in [0, 0.05) is 10.5 Å². The molecule has 1 saturated carbocycles. The molecule has 0 aliphatic heterocycles. The third kappa shape index (κ3) is 3.36. The summed E-state index contributed by atoms with van der Waals surface area (Å²) in [6.45, 7) is 4.69. The zero-order valence-electron chi connectivity index (χ0n) is 11.4. The summed E-state index contributed by atoms with van der Waals surface area (Å²) in [5.41, 5.74) is 7.73. The van der Waals surface area contributed by atoms with E-state index in [-0.39, 0.29) is 0 Å². The average molecular weight is 310 g/mol. The van der Waals surface area contributed by atoms with E-state index in [1.54, 1.807) is 0 Å². The highest BCUT2D eigenvalue weighted by Gasteiger charge is 2.29. The van der Waals surface area contributed by atoms with Gasteiger partial charge in [0.1, 0.15) is 0 Å². The Morgan fingerprint density at radius 3 is 2.67 bits per heavy atom. The number of hydrogen-bond donors (Lipinski definition) is 1. The van der Waals surface area contributed by atoms with Crippen LogP contribution in [0.5, 0.6) is 0 Å². The Kier molecular flexibility index (Phi) is 4.85. The molecule has 1 nitrogen and oxygen atoms in total. The van der Waals surface area contributed by atoms with Crippen molar-refractivity contribution >= 4 is 15.9 Å². The number of benzene rings is 1. The molecule has 2 rings (SSSR count). The summed E-state index contributed by atoms with van der Waals surface area (Å²) in [7, 11) is 0. The van der Waals surface area contributed by atoms with Gasteiger partial charge in [-0.2, -0.15) is 0 Å². The Bertz CT molecular complexity index is 388. The fourth-order valence-corrected chi connectivity index (χ4v) is 3.56. The van der Waals surface area contributed by atoms with E-state index in [9.17, 15) is 0 Å². The fraction of sp³-hybridized carbons (Fsp3) is 0.625. The zero-order chi connectivity index (χ0) is 13.1. The van der Waals surface area contributed by atoms with Crippen LogP contribution in [-0.4, -0.2) is 6.04 Å². The molecular formula is C16H24BrN. The third-order valence-electron chi connectivity index (χ3n) is 4.46. The van der Waals surface area contributed by atoms with Crippen molar-refractivity contribution in [3.05, 3.63) is 34.3 Å². The molecule has 2 heteroatoms. The predicted octanol–water partition coefficient (Wildman–Crippen LogP) is 4.39. The zero-order valence-corrected chi connectivity index (χ0v) is 13.0. The first-order valence-corrected chi connectivity index (χ1v) is 7.86. The summed E-state index contributed by atoms with van der Waals surface area (Å²) in [5, 5.41) is 0. The molecule has 3 atom stereocenters. The SMILES string of the molecule is CC(C)C1CCC(N)C(Cc2ccccc2Br)C1. The molecule has 1 fully saturated rings. The molecule has 1 aliphatic carbocycles. The Balaban J connectivity index is 2.05. The lowest BCUT2D eigenvalue weighted by molar-refractivity contribution is 0.189. The van der Waals surface area contributed by atoms with Gasteiger partial charge in [-0.05, 0) is 55.1 Å². The summed E-state index contributed by atoms with van der Waals surface area (Å²) in [6.07, 6.45) is 4.91. The van der Waals surface area contributed by atoms with E-state index in [1.165, 1.54) is 29.3 Å². The molecule has 1 aromatic rings. The molecule has 0 heterocycles. The van der Waals surface area contributed by atoms with Crippen LogP contribution in [0.2, 0.25) is 0 Å². The monoisotopic (exact) mass is 309 g/mol. The summed E-state index contributed by atoms with van der Waals surface area (Å²) in [5.74, 6) is 2.29. The van der Waals surface area contributed by atoms with Crippen LogP contribution in [0.3, 0.4) is 0 Å². The molecule has 100 valence electrons. The van der Waals surface area contributed by atoms with Crippen molar-refractivity contribution in [2.75, 3.05) is 0 Å². The first-order valence-electron chi connectivity index (χ1n) is 7.07. The molecule has 0 aromatic heterocycles. The van der Waals surface area contributed by atoms with Crippen molar-refractivity contribution in [3.8, 4) is 0 Å². The van der Waals surface area contributed by atoms with E-state index >= 15 is 0 Å². The molecule has 1 aliphatic rings. The maximum Gasteiger partial charge on any atom is 0.0207 e. The van der Waals surface area contributed by atoms with Crippen LogP contribution in [0.1, 0.15) is 38.7 Å². The molecule has 3 unspecified atom stereocenters. The van der Waals surface area contributed by atoms with Crippen molar-refractivity contribution in [1.29, 1.82) is 0 Å². The second kappa shape index (κ2) is 6.21. The molecular weight excluding hydrogens is 286 g/mol. The molecule has 18 heavy (non-hydrogen) atoms. The third-order valence-corrected chi connectivity index (χ3v) is 5.24. The van der Waals surface area contributed by atoms with E-state index in [2.05, 4.69) is 54.0 Å². The second-order valence-electron chi connectivity index (χ2n) is 6.04. The Hall–Kier alpha value is -0.340.